The number of aryl methyl sites for hydroxylation is 1. The molecule has 1 fully saturated rings. The zero-order chi connectivity index (χ0) is 17.6. The first-order chi connectivity index (χ1) is 12.1. The van der Waals surface area contributed by atoms with Crippen molar-refractivity contribution in [3.8, 4) is 0 Å². The van der Waals surface area contributed by atoms with Crippen LogP contribution in [-0.4, -0.2) is 46.9 Å². The van der Waals surface area contributed by atoms with Gasteiger partial charge in [0.1, 0.15) is 5.82 Å². The molecule has 1 amide bonds. The predicted molar refractivity (Wildman–Crippen MR) is 95.5 cm³/mol. The molecule has 25 heavy (non-hydrogen) atoms. The first-order valence-corrected chi connectivity index (χ1v) is 8.80. The topological polar surface area (TPSA) is 36.4 Å². The number of aromatic nitrogens is 1. The first-order valence-electron chi connectivity index (χ1n) is 8.80. The maximum atomic E-state index is 14.0. The lowest BCUT2D eigenvalue weighted by atomic mass is 10.1. The number of halogens is 1. The fourth-order valence-electron chi connectivity index (χ4n) is 3.32. The van der Waals surface area contributed by atoms with Crippen LogP contribution in [0.1, 0.15) is 30.5 Å². The average Bonchev–Trinajstić information content (AvgIpc) is 2.67. The third-order valence-corrected chi connectivity index (χ3v) is 4.92. The summed E-state index contributed by atoms with van der Waals surface area (Å²) in [6.07, 6.45) is 4.77. The van der Waals surface area contributed by atoms with Gasteiger partial charge in [-0.3, -0.25) is 14.7 Å². The molecule has 1 saturated heterocycles. The average molecular weight is 341 g/mol. The van der Waals surface area contributed by atoms with Gasteiger partial charge in [-0.05, 0) is 31.0 Å². The minimum absolute atomic E-state index is 0.0221. The number of hydrogen-bond acceptors (Lipinski definition) is 3. The third-order valence-electron chi connectivity index (χ3n) is 4.92. The van der Waals surface area contributed by atoms with E-state index in [0.29, 0.717) is 19.5 Å². The Morgan fingerprint density at radius 2 is 1.92 bits per heavy atom. The molecule has 4 nitrogen and oxygen atoms in total. The molecule has 3 rings (SSSR count). The van der Waals surface area contributed by atoms with E-state index in [0.717, 1.165) is 30.6 Å². The van der Waals surface area contributed by atoms with E-state index < -0.39 is 0 Å². The number of hydrogen-bond donors (Lipinski definition) is 0. The largest absolute Gasteiger partial charge is 0.340 e. The Bertz CT molecular complexity index is 699. The summed E-state index contributed by atoms with van der Waals surface area (Å²) in [5.74, 6) is 0.0204. The molecule has 1 aliphatic rings. The highest BCUT2D eigenvalue weighted by molar-refractivity contribution is 5.76. The lowest BCUT2D eigenvalue weighted by molar-refractivity contribution is -0.133. The first kappa shape index (κ1) is 17.5. The van der Waals surface area contributed by atoms with Crippen LogP contribution in [0.15, 0.2) is 48.8 Å². The third kappa shape index (κ3) is 4.42. The van der Waals surface area contributed by atoms with Crippen LogP contribution in [0.4, 0.5) is 4.39 Å². The molecule has 1 aromatic carbocycles. The summed E-state index contributed by atoms with van der Waals surface area (Å²) in [5, 5.41) is 0. The SMILES string of the molecule is C[C@@H](c1ccccc1F)N1CCN(C(=O)CCc2cccnc2)CC1. The van der Waals surface area contributed by atoms with Gasteiger partial charge in [-0.2, -0.15) is 0 Å². The van der Waals surface area contributed by atoms with E-state index >= 15 is 0 Å². The molecule has 132 valence electrons. The number of carbonyl (C=O) groups is 1. The number of rotatable bonds is 5. The van der Waals surface area contributed by atoms with E-state index in [9.17, 15) is 9.18 Å². The Hall–Kier alpha value is -2.27. The van der Waals surface area contributed by atoms with Gasteiger partial charge in [0.25, 0.3) is 0 Å². The van der Waals surface area contributed by atoms with Crippen LogP contribution in [0.3, 0.4) is 0 Å². The maximum Gasteiger partial charge on any atom is 0.222 e. The van der Waals surface area contributed by atoms with Crippen molar-refractivity contribution < 1.29 is 9.18 Å². The molecule has 1 atom stereocenters. The standard InChI is InChI=1S/C20H24FN3O/c1-16(18-6-2-3-7-19(18)21)23-11-13-24(14-12-23)20(25)9-8-17-5-4-10-22-15-17/h2-7,10,15-16H,8-9,11-14H2,1H3/t16-/m0/s1. The van der Waals surface area contributed by atoms with E-state index in [4.69, 9.17) is 0 Å². The van der Waals surface area contributed by atoms with E-state index in [1.165, 1.54) is 6.07 Å². The molecular formula is C20H24FN3O. The van der Waals surface area contributed by atoms with Crippen LogP contribution in [0, 0.1) is 5.82 Å². The second-order valence-electron chi connectivity index (χ2n) is 6.48. The predicted octanol–water partition coefficient (Wildman–Crippen LogP) is 3.06. The molecule has 1 aromatic heterocycles. The van der Waals surface area contributed by atoms with Crippen molar-refractivity contribution in [1.82, 2.24) is 14.8 Å². The fraction of sp³-hybridized carbons (Fsp3) is 0.400. The highest BCUT2D eigenvalue weighted by Gasteiger charge is 2.25. The molecule has 5 heteroatoms. The highest BCUT2D eigenvalue weighted by atomic mass is 19.1. The molecule has 0 spiro atoms. The molecular weight excluding hydrogens is 317 g/mol. The minimum atomic E-state index is -0.162. The molecule has 1 aliphatic heterocycles. The van der Waals surface area contributed by atoms with Gasteiger partial charge in [0.05, 0.1) is 0 Å². The number of piperazine rings is 1. The van der Waals surface area contributed by atoms with Gasteiger partial charge in [0.15, 0.2) is 0 Å². The van der Waals surface area contributed by atoms with Crippen molar-refractivity contribution in [1.29, 1.82) is 0 Å². The normalized spacial score (nSPS) is 16.6. The van der Waals surface area contributed by atoms with Gasteiger partial charge < -0.3 is 4.90 Å². The van der Waals surface area contributed by atoms with Crippen molar-refractivity contribution in [2.24, 2.45) is 0 Å². The molecule has 0 saturated carbocycles. The van der Waals surface area contributed by atoms with Gasteiger partial charge in [0.2, 0.25) is 5.91 Å². The van der Waals surface area contributed by atoms with Crippen molar-refractivity contribution in [2.45, 2.75) is 25.8 Å². The van der Waals surface area contributed by atoms with Crippen LogP contribution in [0.25, 0.3) is 0 Å². The van der Waals surface area contributed by atoms with Crippen LogP contribution in [-0.2, 0) is 11.2 Å². The van der Waals surface area contributed by atoms with Crippen molar-refractivity contribution in [3.63, 3.8) is 0 Å². The summed E-state index contributed by atoms with van der Waals surface area (Å²) >= 11 is 0. The van der Waals surface area contributed by atoms with Crippen LogP contribution < -0.4 is 0 Å². The number of benzene rings is 1. The van der Waals surface area contributed by atoms with Crippen molar-refractivity contribution in [3.05, 3.63) is 65.7 Å². The number of pyridine rings is 1. The number of carbonyl (C=O) groups excluding carboxylic acids is 1. The quantitative estimate of drug-likeness (QED) is 0.839. The zero-order valence-electron chi connectivity index (χ0n) is 14.6. The lowest BCUT2D eigenvalue weighted by Gasteiger charge is -2.38. The Labute approximate surface area is 148 Å². The molecule has 2 aromatic rings. The zero-order valence-corrected chi connectivity index (χ0v) is 14.6. The second-order valence-corrected chi connectivity index (χ2v) is 6.48. The van der Waals surface area contributed by atoms with Gasteiger partial charge >= 0.3 is 0 Å². The van der Waals surface area contributed by atoms with Gasteiger partial charge in [-0.1, -0.05) is 24.3 Å². The minimum Gasteiger partial charge on any atom is -0.340 e. The number of amides is 1. The summed E-state index contributed by atoms with van der Waals surface area (Å²) < 4.78 is 14.0. The Morgan fingerprint density at radius 1 is 1.16 bits per heavy atom. The summed E-state index contributed by atoms with van der Waals surface area (Å²) in [5.41, 5.74) is 1.81. The Morgan fingerprint density at radius 3 is 2.60 bits per heavy atom. The molecule has 0 N–H and O–H groups in total. The highest BCUT2D eigenvalue weighted by Crippen LogP contribution is 2.24. The maximum absolute atomic E-state index is 14.0. The van der Waals surface area contributed by atoms with Crippen molar-refractivity contribution in [2.75, 3.05) is 26.2 Å². The lowest BCUT2D eigenvalue weighted by Crippen LogP contribution is -2.49. The van der Waals surface area contributed by atoms with Crippen LogP contribution in [0.5, 0.6) is 0 Å². The van der Waals surface area contributed by atoms with Gasteiger partial charge in [-0.25, -0.2) is 4.39 Å². The van der Waals surface area contributed by atoms with Gasteiger partial charge in [0, 0.05) is 56.6 Å². The second kappa shape index (κ2) is 8.21. The number of nitrogens with zero attached hydrogens (tertiary/aromatic N) is 3. The summed E-state index contributed by atoms with van der Waals surface area (Å²) in [7, 11) is 0. The summed E-state index contributed by atoms with van der Waals surface area (Å²) in [6, 6.07) is 10.8. The molecule has 0 aliphatic carbocycles. The monoisotopic (exact) mass is 341 g/mol. The van der Waals surface area contributed by atoms with Crippen molar-refractivity contribution >= 4 is 5.91 Å². The fourth-order valence-corrected chi connectivity index (χ4v) is 3.32. The molecule has 0 unspecified atom stereocenters. The molecule has 0 bridgehead atoms. The molecule has 2 heterocycles. The Balaban J connectivity index is 1.50. The van der Waals surface area contributed by atoms with E-state index in [1.807, 2.05) is 36.1 Å². The van der Waals surface area contributed by atoms with Crippen LogP contribution >= 0.6 is 0 Å². The summed E-state index contributed by atoms with van der Waals surface area (Å²) in [4.78, 5) is 20.6. The van der Waals surface area contributed by atoms with E-state index in [1.54, 1.807) is 18.5 Å². The summed E-state index contributed by atoms with van der Waals surface area (Å²) in [6.45, 7) is 4.97. The molecule has 0 radical (unpaired) electrons. The van der Waals surface area contributed by atoms with E-state index in [-0.39, 0.29) is 17.8 Å². The van der Waals surface area contributed by atoms with E-state index in [2.05, 4.69) is 9.88 Å². The van der Waals surface area contributed by atoms with Gasteiger partial charge in [-0.15, -0.1) is 0 Å². The Kier molecular flexibility index (Phi) is 5.76. The van der Waals surface area contributed by atoms with Crippen LogP contribution in [0.2, 0.25) is 0 Å². The smallest absolute Gasteiger partial charge is 0.222 e.